The number of aliphatic hydroxyl groups is 2. The standard InChI is InChI=1S/C22H27NO4/c1-2-9-22(14-24)13-23(10-8-19(22)25)11-15-6-7-16-12-27-21(26)18-5-3-4-17(15)20(16)18/h3-7,19,24-25H,2,8-14H2,1H3/t19-,22+/m1/s1. The minimum absolute atomic E-state index is 0.00812. The van der Waals surface area contributed by atoms with Gasteiger partial charge >= 0.3 is 5.97 Å². The second-order valence-corrected chi connectivity index (χ2v) is 7.97. The van der Waals surface area contributed by atoms with E-state index in [1.54, 1.807) is 0 Å². The molecule has 0 aromatic heterocycles. The Morgan fingerprint density at radius 3 is 2.93 bits per heavy atom. The molecule has 2 aromatic carbocycles. The maximum atomic E-state index is 12.1. The Balaban J connectivity index is 1.66. The van der Waals surface area contributed by atoms with E-state index in [1.165, 1.54) is 5.56 Å². The number of carbonyl (C=O) groups is 1. The molecule has 2 heterocycles. The van der Waals surface area contributed by atoms with Crippen LogP contribution >= 0.6 is 0 Å². The molecule has 1 saturated heterocycles. The Labute approximate surface area is 159 Å². The summed E-state index contributed by atoms with van der Waals surface area (Å²) in [7, 11) is 0. The molecule has 5 nitrogen and oxygen atoms in total. The van der Waals surface area contributed by atoms with Gasteiger partial charge in [0.15, 0.2) is 0 Å². The van der Waals surface area contributed by atoms with Crippen molar-refractivity contribution in [3.63, 3.8) is 0 Å². The lowest BCUT2D eigenvalue weighted by Gasteiger charge is -2.45. The third kappa shape index (κ3) is 3.14. The van der Waals surface area contributed by atoms with Gasteiger partial charge in [-0.1, -0.05) is 37.6 Å². The van der Waals surface area contributed by atoms with Gasteiger partial charge in [-0.15, -0.1) is 0 Å². The molecule has 5 heteroatoms. The van der Waals surface area contributed by atoms with E-state index in [9.17, 15) is 15.0 Å². The Hall–Kier alpha value is -1.95. The van der Waals surface area contributed by atoms with E-state index in [-0.39, 0.29) is 12.6 Å². The van der Waals surface area contributed by atoms with Crippen molar-refractivity contribution in [1.29, 1.82) is 0 Å². The highest BCUT2D eigenvalue weighted by Gasteiger charge is 2.41. The monoisotopic (exact) mass is 369 g/mol. The average molecular weight is 369 g/mol. The molecule has 0 spiro atoms. The topological polar surface area (TPSA) is 70.0 Å². The number of hydrogen-bond acceptors (Lipinski definition) is 5. The van der Waals surface area contributed by atoms with Gasteiger partial charge in [-0.25, -0.2) is 4.79 Å². The Morgan fingerprint density at radius 1 is 1.30 bits per heavy atom. The number of nitrogens with zero attached hydrogens (tertiary/aromatic N) is 1. The van der Waals surface area contributed by atoms with Crippen molar-refractivity contribution in [2.24, 2.45) is 5.41 Å². The van der Waals surface area contributed by atoms with Gasteiger partial charge in [-0.2, -0.15) is 0 Å². The van der Waals surface area contributed by atoms with Gasteiger partial charge in [0.05, 0.1) is 18.3 Å². The number of aliphatic hydroxyl groups excluding tert-OH is 2. The zero-order valence-corrected chi connectivity index (χ0v) is 15.8. The van der Waals surface area contributed by atoms with Crippen molar-refractivity contribution in [3.8, 4) is 0 Å². The zero-order chi connectivity index (χ0) is 19.0. The first-order valence-electron chi connectivity index (χ1n) is 9.80. The fraction of sp³-hybridized carbons (Fsp3) is 0.500. The summed E-state index contributed by atoms with van der Waals surface area (Å²) in [6, 6.07) is 9.98. The van der Waals surface area contributed by atoms with Gasteiger partial charge in [0, 0.05) is 30.4 Å². The van der Waals surface area contributed by atoms with Crippen LogP contribution in [0.5, 0.6) is 0 Å². The van der Waals surface area contributed by atoms with Gasteiger partial charge in [-0.05, 0) is 35.4 Å². The number of ether oxygens (including phenoxy) is 1. The second kappa shape index (κ2) is 7.23. The third-order valence-corrected chi connectivity index (χ3v) is 6.22. The van der Waals surface area contributed by atoms with Crippen molar-refractivity contribution in [3.05, 3.63) is 47.0 Å². The predicted octanol–water partition coefficient (Wildman–Crippen LogP) is 2.86. The van der Waals surface area contributed by atoms with E-state index in [4.69, 9.17) is 4.74 Å². The molecule has 144 valence electrons. The Kier molecular flexibility index (Phi) is 4.93. The summed E-state index contributed by atoms with van der Waals surface area (Å²) in [6.45, 7) is 4.66. The molecule has 4 rings (SSSR count). The summed E-state index contributed by atoms with van der Waals surface area (Å²) in [6.07, 6.45) is 1.98. The highest BCUT2D eigenvalue weighted by molar-refractivity contribution is 6.08. The molecule has 1 fully saturated rings. The van der Waals surface area contributed by atoms with Crippen LogP contribution in [0.1, 0.15) is 47.7 Å². The van der Waals surface area contributed by atoms with Crippen molar-refractivity contribution >= 4 is 16.7 Å². The number of hydrogen-bond donors (Lipinski definition) is 2. The number of esters is 1. The van der Waals surface area contributed by atoms with Gasteiger partial charge in [0.1, 0.15) is 6.61 Å². The first kappa shape index (κ1) is 18.4. The van der Waals surface area contributed by atoms with E-state index in [1.807, 2.05) is 12.1 Å². The molecule has 2 N–H and O–H groups in total. The van der Waals surface area contributed by atoms with Crippen molar-refractivity contribution in [2.75, 3.05) is 19.7 Å². The normalized spacial score (nSPS) is 25.6. The number of piperidine rings is 1. The van der Waals surface area contributed by atoms with Gasteiger partial charge in [0.2, 0.25) is 0 Å². The molecule has 2 aromatic rings. The molecule has 0 bridgehead atoms. The van der Waals surface area contributed by atoms with Crippen molar-refractivity contribution in [2.45, 2.75) is 45.4 Å². The molecule has 2 aliphatic heterocycles. The number of carbonyl (C=O) groups excluding carboxylic acids is 1. The van der Waals surface area contributed by atoms with E-state index in [0.717, 1.165) is 42.3 Å². The lowest BCUT2D eigenvalue weighted by Crippen LogP contribution is -2.53. The van der Waals surface area contributed by atoms with Gasteiger partial charge in [0.25, 0.3) is 0 Å². The van der Waals surface area contributed by atoms with Crippen LogP contribution < -0.4 is 0 Å². The maximum Gasteiger partial charge on any atom is 0.339 e. The molecule has 0 amide bonds. The number of rotatable bonds is 5. The quantitative estimate of drug-likeness (QED) is 0.793. The van der Waals surface area contributed by atoms with Crippen LogP contribution in [0.4, 0.5) is 0 Å². The molecule has 2 atom stereocenters. The predicted molar refractivity (Wildman–Crippen MR) is 103 cm³/mol. The van der Waals surface area contributed by atoms with Crippen LogP contribution in [0.15, 0.2) is 30.3 Å². The van der Waals surface area contributed by atoms with E-state index in [0.29, 0.717) is 25.1 Å². The molecule has 0 unspecified atom stereocenters. The van der Waals surface area contributed by atoms with Crippen LogP contribution in [-0.2, 0) is 17.9 Å². The fourth-order valence-corrected chi connectivity index (χ4v) is 4.78. The molecule has 0 saturated carbocycles. The summed E-state index contributed by atoms with van der Waals surface area (Å²) in [5, 5.41) is 22.6. The lowest BCUT2D eigenvalue weighted by molar-refractivity contribution is -0.0819. The molecule has 2 aliphatic rings. The molecular weight excluding hydrogens is 342 g/mol. The first-order chi connectivity index (χ1) is 13.1. The van der Waals surface area contributed by atoms with E-state index >= 15 is 0 Å². The Bertz CT molecular complexity index is 865. The highest BCUT2D eigenvalue weighted by Crippen LogP contribution is 2.36. The first-order valence-corrected chi connectivity index (χ1v) is 9.80. The minimum atomic E-state index is -0.454. The molecular formula is C22H27NO4. The second-order valence-electron chi connectivity index (χ2n) is 7.97. The van der Waals surface area contributed by atoms with Gasteiger partial charge in [-0.3, -0.25) is 4.90 Å². The number of likely N-dealkylation sites (tertiary alicyclic amines) is 1. The van der Waals surface area contributed by atoms with E-state index < -0.39 is 11.5 Å². The van der Waals surface area contributed by atoms with Crippen molar-refractivity contribution in [1.82, 2.24) is 4.90 Å². The van der Waals surface area contributed by atoms with Crippen LogP contribution in [0.2, 0.25) is 0 Å². The average Bonchev–Trinajstić information content (AvgIpc) is 2.69. The van der Waals surface area contributed by atoms with Gasteiger partial charge < -0.3 is 14.9 Å². The summed E-state index contributed by atoms with van der Waals surface area (Å²) in [5.41, 5.74) is 2.42. The summed E-state index contributed by atoms with van der Waals surface area (Å²) >= 11 is 0. The molecule has 27 heavy (non-hydrogen) atoms. The Morgan fingerprint density at radius 2 is 2.15 bits per heavy atom. The summed E-state index contributed by atoms with van der Waals surface area (Å²) < 4.78 is 5.26. The summed E-state index contributed by atoms with van der Waals surface area (Å²) in [5.74, 6) is -0.256. The highest BCUT2D eigenvalue weighted by atomic mass is 16.5. The summed E-state index contributed by atoms with van der Waals surface area (Å²) in [4.78, 5) is 14.4. The minimum Gasteiger partial charge on any atom is -0.457 e. The molecule has 0 radical (unpaired) electrons. The number of benzene rings is 2. The maximum absolute atomic E-state index is 12.1. The number of cyclic esters (lactones) is 1. The third-order valence-electron chi connectivity index (χ3n) is 6.22. The van der Waals surface area contributed by atoms with Crippen LogP contribution in [0.25, 0.3) is 10.8 Å². The fourth-order valence-electron chi connectivity index (χ4n) is 4.78. The zero-order valence-electron chi connectivity index (χ0n) is 15.8. The molecule has 0 aliphatic carbocycles. The SMILES string of the molecule is CCC[C@@]1(CO)CN(Cc2ccc3c4c(cccc24)C(=O)OC3)CC[C@H]1O. The largest absolute Gasteiger partial charge is 0.457 e. The van der Waals surface area contributed by atoms with Crippen LogP contribution in [0, 0.1) is 5.41 Å². The van der Waals surface area contributed by atoms with Crippen LogP contribution in [-0.4, -0.2) is 46.9 Å². The van der Waals surface area contributed by atoms with Crippen LogP contribution in [0.3, 0.4) is 0 Å². The van der Waals surface area contributed by atoms with Crippen molar-refractivity contribution < 1.29 is 19.7 Å². The smallest absolute Gasteiger partial charge is 0.339 e. The van der Waals surface area contributed by atoms with E-state index in [2.05, 4.69) is 30.0 Å². The lowest BCUT2D eigenvalue weighted by atomic mass is 9.74.